The second kappa shape index (κ2) is 4.65. The lowest BCUT2D eigenvalue weighted by Crippen LogP contribution is -2.47. The summed E-state index contributed by atoms with van der Waals surface area (Å²) >= 11 is 0. The molecule has 1 N–H and O–H groups in total. The first-order valence-corrected chi connectivity index (χ1v) is 5.75. The van der Waals surface area contributed by atoms with E-state index in [1.807, 2.05) is 6.92 Å². The fourth-order valence-electron chi connectivity index (χ4n) is 2.09. The van der Waals surface area contributed by atoms with Crippen LogP contribution in [0.3, 0.4) is 0 Å². The maximum Gasteiger partial charge on any atom is 0.224 e. The highest BCUT2D eigenvalue weighted by Gasteiger charge is 2.33. The van der Waals surface area contributed by atoms with Crippen LogP contribution in [0.2, 0.25) is 0 Å². The summed E-state index contributed by atoms with van der Waals surface area (Å²) in [6.45, 7) is 5.82. The Labute approximate surface area is 91.9 Å². The van der Waals surface area contributed by atoms with Crippen LogP contribution in [0.5, 0.6) is 0 Å². The van der Waals surface area contributed by atoms with Gasteiger partial charge in [0.05, 0.1) is 6.07 Å². The fraction of sp³-hybridized carbons (Fsp3) is 0.833. The lowest BCUT2D eigenvalue weighted by molar-refractivity contribution is -0.127. The zero-order chi connectivity index (χ0) is 11.5. The van der Waals surface area contributed by atoms with Crippen molar-refractivity contribution in [2.24, 2.45) is 11.8 Å². The average Bonchev–Trinajstić information content (AvgIpc) is 2.64. The molecular weight excluding hydrogens is 188 g/mol. The predicted molar refractivity (Wildman–Crippen MR) is 59.0 cm³/mol. The van der Waals surface area contributed by atoms with Gasteiger partial charge in [0.2, 0.25) is 5.91 Å². The number of carbonyl (C=O) groups excluding carboxylic acids is 1. The smallest absolute Gasteiger partial charge is 0.224 e. The topological polar surface area (TPSA) is 52.9 Å². The van der Waals surface area contributed by atoms with E-state index in [0.29, 0.717) is 12.3 Å². The third-order valence-electron chi connectivity index (χ3n) is 3.55. The van der Waals surface area contributed by atoms with Gasteiger partial charge in [-0.25, -0.2) is 0 Å². The highest BCUT2D eigenvalue weighted by Crippen LogP contribution is 2.31. The van der Waals surface area contributed by atoms with Crippen LogP contribution >= 0.6 is 0 Å². The van der Waals surface area contributed by atoms with Crippen LogP contribution in [0.15, 0.2) is 0 Å². The van der Waals surface area contributed by atoms with Crippen LogP contribution in [-0.2, 0) is 4.79 Å². The standard InChI is InChI=1S/C12H20N2O/c1-4-12(3,8-13)14-11(15)10-7-5-6-9(10)2/h9-10H,4-7H2,1-3H3,(H,14,15). The molecule has 1 aliphatic rings. The molecule has 1 aliphatic carbocycles. The molecule has 0 saturated heterocycles. The zero-order valence-electron chi connectivity index (χ0n) is 9.84. The lowest BCUT2D eigenvalue weighted by atomic mass is 9.94. The Hall–Kier alpha value is -1.04. The highest BCUT2D eigenvalue weighted by molar-refractivity contribution is 5.80. The van der Waals surface area contributed by atoms with Crippen molar-refractivity contribution < 1.29 is 4.79 Å². The quantitative estimate of drug-likeness (QED) is 0.773. The summed E-state index contributed by atoms with van der Waals surface area (Å²) in [6, 6.07) is 2.17. The Morgan fingerprint density at radius 1 is 1.60 bits per heavy atom. The van der Waals surface area contributed by atoms with Crippen LogP contribution < -0.4 is 5.32 Å². The van der Waals surface area contributed by atoms with E-state index in [0.717, 1.165) is 19.3 Å². The summed E-state index contributed by atoms with van der Waals surface area (Å²) < 4.78 is 0. The Morgan fingerprint density at radius 2 is 2.27 bits per heavy atom. The highest BCUT2D eigenvalue weighted by atomic mass is 16.2. The SMILES string of the molecule is CCC(C)(C#N)NC(=O)C1CCCC1C. The van der Waals surface area contributed by atoms with Crippen molar-refractivity contribution in [2.45, 2.75) is 52.0 Å². The predicted octanol–water partition coefficient (Wildman–Crippen LogP) is 2.23. The van der Waals surface area contributed by atoms with E-state index < -0.39 is 5.54 Å². The van der Waals surface area contributed by atoms with Crippen molar-refractivity contribution in [1.29, 1.82) is 5.26 Å². The number of nitriles is 1. The fourth-order valence-corrected chi connectivity index (χ4v) is 2.09. The molecule has 1 rings (SSSR count). The van der Waals surface area contributed by atoms with Gasteiger partial charge in [-0.05, 0) is 32.1 Å². The van der Waals surface area contributed by atoms with E-state index in [1.165, 1.54) is 0 Å². The van der Waals surface area contributed by atoms with Gasteiger partial charge in [-0.3, -0.25) is 4.79 Å². The second-order valence-corrected chi connectivity index (χ2v) is 4.80. The van der Waals surface area contributed by atoms with E-state index in [1.54, 1.807) is 6.92 Å². The molecule has 0 bridgehead atoms. The van der Waals surface area contributed by atoms with Crippen molar-refractivity contribution in [3.63, 3.8) is 0 Å². The van der Waals surface area contributed by atoms with Gasteiger partial charge >= 0.3 is 0 Å². The van der Waals surface area contributed by atoms with E-state index in [2.05, 4.69) is 18.3 Å². The van der Waals surface area contributed by atoms with Crippen molar-refractivity contribution in [3.05, 3.63) is 0 Å². The molecule has 0 aromatic carbocycles. The minimum absolute atomic E-state index is 0.0610. The molecule has 1 saturated carbocycles. The van der Waals surface area contributed by atoms with Gasteiger partial charge in [-0.15, -0.1) is 0 Å². The van der Waals surface area contributed by atoms with Gasteiger partial charge in [0.1, 0.15) is 5.54 Å². The van der Waals surface area contributed by atoms with E-state index in [9.17, 15) is 4.79 Å². The van der Waals surface area contributed by atoms with Gasteiger partial charge in [0, 0.05) is 5.92 Å². The first-order valence-electron chi connectivity index (χ1n) is 5.75. The summed E-state index contributed by atoms with van der Waals surface area (Å²) in [5.74, 6) is 0.639. The Kier molecular flexibility index (Phi) is 3.73. The Bertz CT molecular complexity index is 282. The van der Waals surface area contributed by atoms with Gasteiger partial charge in [-0.1, -0.05) is 20.3 Å². The molecule has 0 heterocycles. The molecule has 0 aromatic heterocycles. The molecule has 1 fully saturated rings. The third-order valence-corrected chi connectivity index (χ3v) is 3.55. The molecule has 0 aromatic rings. The molecule has 3 heteroatoms. The first kappa shape index (κ1) is 12.0. The van der Waals surface area contributed by atoms with Crippen molar-refractivity contribution >= 4 is 5.91 Å². The van der Waals surface area contributed by atoms with Gasteiger partial charge in [0.15, 0.2) is 0 Å². The van der Waals surface area contributed by atoms with Crippen LogP contribution in [0.25, 0.3) is 0 Å². The maximum absolute atomic E-state index is 11.9. The number of nitrogens with zero attached hydrogens (tertiary/aromatic N) is 1. The van der Waals surface area contributed by atoms with Gasteiger partial charge in [-0.2, -0.15) is 5.26 Å². The molecule has 1 amide bonds. The Morgan fingerprint density at radius 3 is 2.67 bits per heavy atom. The van der Waals surface area contributed by atoms with Crippen LogP contribution in [0.4, 0.5) is 0 Å². The number of carbonyl (C=O) groups is 1. The minimum Gasteiger partial charge on any atom is -0.338 e. The number of hydrogen-bond donors (Lipinski definition) is 1. The van der Waals surface area contributed by atoms with Gasteiger partial charge in [0.25, 0.3) is 0 Å². The van der Waals surface area contributed by atoms with Gasteiger partial charge < -0.3 is 5.32 Å². The number of hydrogen-bond acceptors (Lipinski definition) is 2. The minimum atomic E-state index is -0.695. The molecule has 0 spiro atoms. The average molecular weight is 208 g/mol. The van der Waals surface area contributed by atoms with E-state index in [-0.39, 0.29) is 11.8 Å². The molecule has 84 valence electrons. The summed E-state index contributed by atoms with van der Waals surface area (Å²) in [7, 11) is 0. The molecular formula is C12H20N2O. The van der Waals surface area contributed by atoms with Crippen molar-refractivity contribution in [1.82, 2.24) is 5.32 Å². The number of amides is 1. The van der Waals surface area contributed by atoms with E-state index >= 15 is 0 Å². The molecule has 3 nitrogen and oxygen atoms in total. The summed E-state index contributed by atoms with van der Waals surface area (Å²) in [4.78, 5) is 11.9. The monoisotopic (exact) mass is 208 g/mol. The van der Waals surface area contributed by atoms with Crippen LogP contribution in [0, 0.1) is 23.2 Å². The largest absolute Gasteiger partial charge is 0.338 e. The van der Waals surface area contributed by atoms with E-state index in [4.69, 9.17) is 5.26 Å². The number of nitrogens with one attached hydrogen (secondary N) is 1. The molecule has 0 aliphatic heterocycles. The number of rotatable bonds is 3. The first-order chi connectivity index (χ1) is 7.02. The molecule has 3 unspecified atom stereocenters. The summed E-state index contributed by atoms with van der Waals surface area (Å²) in [6.07, 6.45) is 3.89. The third kappa shape index (κ3) is 2.71. The summed E-state index contributed by atoms with van der Waals surface area (Å²) in [5, 5.41) is 11.8. The van der Waals surface area contributed by atoms with Crippen molar-refractivity contribution in [3.8, 4) is 6.07 Å². The molecule has 0 radical (unpaired) electrons. The summed E-state index contributed by atoms with van der Waals surface area (Å²) in [5.41, 5.74) is -0.695. The zero-order valence-corrected chi connectivity index (χ0v) is 9.84. The van der Waals surface area contributed by atoms with Crippen molar-refractivity contribution in [2.75, 3.05) is 0 Å². The second-order valence-electron chi connectivity index (χ2n) is 4.80. The molecule has 3 atom stereocenters. The maximum atomic E-state index is 11.9. The lowest BCUT2D eigenvalue weighted by Gasteiger charge is -2.24. The van der Waals surface area contributed by atoms with Crippen LogP contribution in [-0.4, -0.2) is 11.4 Å². The van der Waals surface area contributed by atoms with Crippen LogP contribution in [0.1, 0.15) is 46.5 Å². The Balaban J connectivity index is 2.59. The molecule has 15 heavy (non-hydrogen) atoms. The normalized spacial score (nSPS) is 29.2.